The number of carbonyl (C=O) groups excluding carboxylic acids is 1. The van der Waals surface area contributed by atoms with Gasteiger partial charge < -0.3 is 4.90 Å². The van der Waals surface area contributed by atoms with E-state index < -0.39 is 0 Å². The summed E-state index contributed by atoms with van der Waals surface area (Å²) >= 11 is 0. The Morgan fingerprint density at radius 3 is 2.74 bits per heavy atom. The molecule has 1 saturated heterocycles. The molecule has 0 saturated carbocycles. The number of nitrogens with zero attached hydrogens (tertiary/aromatic N) is 5. The van der Waals surface area contributed by atoms with Gasteiger partial charge in [0, 0.05) is 54.1 Å². The number of carbonyl (C=O) groups is 1. The Bertz CT molecular complexity index is 1130. The summed E-state index contributed by atoms with van der Waals surface area (Å²) in [6.07, 6.45) is 7.25. The second-order valence-electron chi connectivity index (χ2n) is 6.95. The molecule has 1 aromatic carbocycles. The number of likely N-dealkylation sites (tertiary alicyclic amines) is 1. The molecule has 0 unspecified atom stereocenters. The van der Waals surface area contributed by atoms with Gasteiger partial charge in [-0.25, -0.2) is 9.50 Å². The van der Waals surface area contributed by atoms with Gasteiger partial charge in [0.1, 0.15) is 0 Å². The van der Waals surface area contributed by atoms with E-state index in [0.29, 0.717) is 5.92 Å². The van der Waals surface area contributed by atoms with Crippen LogP contribution >= 0.6 is 0 Å². The van der Waals surface area contributed by atoms with E-state index in [2.05, 4.69) is 15.1 Å². The summed E-state index contributed by atoms with van der Waals surface area (Å²) < 4.78 is 1.92. The molecule has 0 bridgehead atoms. The predicted molar refractivity (Wildman–Crippen MR) is 103 cm³/mol. The van der Waals surface area contributed by atoms with Crippen LogP contribution in [0.2, 0.25) is 0 Å². The molecule has 4 aromatic rings. The van der Waals surface area contributed by atoms with Gasteiger partial charge in [-0.05, 0) is 43.2 Å². The molecule has 1 aliphatic rings. The third-order valence-electron chi connectivity index (χ3n) is 5.37. The van der Waals surface area contributed by atoms with Crippen molar-refractivity contribution < 1.29 is 4.79 Å². The molecular formula is C21H19N5O. The number of hydrogen-bond donors (Lipinski definition) is 0. The van der Waals surface area contributed by atoms with Crippen molar-refractivity contribution in [2.45, 2.75) is 18.8 Å². The molecule has 6 nitrogen and oxygen atoms in total. The maximum Gasteiger partial charge on any atom is 0.253 e. The highest BCUT2D eigenvalue weighted by molar-refractivity contribution is 5.98. The van der Waals surface area contributed by atoms with Crippen LogP contribution < -0.4 is 0 Å². The van der Waals surface area contributed by atoms with Gasteiger partial charge in [0.05, 0.1) is 11.7 Å². The molecule has 134 valence electrons. The van der Waals surface area contributed by atoms with Crippen LogP contribution in [0.5, 0.6) is 0 Å². The largest absolute Gasteiger partial charge is 0.339 e. The Kier molecular flexibility index (Phi) is 3.81. The normalized spacial score (nSPS) is 15.5. The fraction of sp³-hybridized carbons (Fsp3) is 0.238. The molecule has 0 N–H and O–H groups in total. The van der Waals surface area contributed by atoms with E-state index in [0.717, 1.165) is 48.0 Å². The Balaban J connectivity index is 1.33. The van der Waals surface area contributed by atoms with E-state index in [1.165, 1.54) is 5.69 Å². The highest BCUT2D eigenvalue weighted by atomic mass is 16.2. The van der Waals surface area contributed by atoms with Crippen molar-refractivity contribution in [3.05, 3.63) is 72.3 Å². The van der Waals surface area contributed by atoms with E-state index in [4.69, 9.17) is 0 Å². The average molecular weight is 357 g/mol. The first kappa shape index (κ1) is 15.9. The molecule has 1 fully saturated rings. The highest BCUT2D eigenvalue weighted by Crippen LogP contribution is 2.28. The lowest BCUT2D eigenvalue weighted by Crippen LogP contribution is -2.38. The van der Waals surface area contributed by atoms with E-state index in [-0.39, 0.29) is 5.91 Å². The number of benzene rings is 1. The first-order valence-corrected chi connectivity index (χ1v) is 9.22. The summed E-state index contributed by atoms with van der Waals surface area (Å²) in [5.41, 5.74) is 3.69. The van der Waals surface area contributed by atoms with Gasteiger partial charge in [-0.1, -0.05) is 6.07 Å². The standard InChI is InChI=1S/C21H19N5O/c27-21(17-3-4-18-16(14-17)2-1-9-22-18)25-12-7-15(8-13-25)19-5-10-23-20-6-11-24-26(19)20/h1-6,9-11,14-15H,7-8,12-13H2. The van der Waals surface area contributed by atoms with Gasteiger partial charge in [0.2, 0.25) is 0 Å². The molecular weight excluding hydrogens is 338 g/mol. The van der Waals surface area contributed by atoms with E-state index in [1.807, 2.05) is 58.1 Å². The number of fused-ring (bicyclic) bond motifs is 2. The maximum atomic E-state index is 12.9. The molecule has 27 heavy (non-hydrogen) atoms. The quantitative estimate of drug-likeness (QED) is 0.552. The highest BCUT2D eigenvalue weighted by Gasteiger charge is 2.26. The molecule has 0 spiro atoms. The number of hydrogen-bond acceptors (Lipinski definition) is 4. The number of aromatic nitrogens is 4. The van der Waals surface area contributed by atoms with Crippen LogP contribution in [0.3, 0.4) is 0 Å². The van der Waals surface area contributed by atoms with Gasteiger partial charge in [0.15, 0.2) is 5.65 Å². The molecule has 4 heterocycles. The summed E-state index contributed by atoms with van der Waals surface area (Å²) in [7, 11) is 0. The topological polar surface area (TPSA) is 63.4 Å². The third-order valence-corrected chi connectivity index (χ3v) is 5.37. The molecule has 6 heteroatoms. The minimum Gasteiger partial charge on any atom is -0.339 e. The lowest BCUT2D eigenvalue weighted by molar-refractivity contribution is 0.0712. The molecule has 0 radical (unpaired) electrons. The second kappa shape index (κ2) is 6.46. The lowest BCUT2D eigenvalue weighted by atomic mass is 9.93. The van der Waals surface area contributed by atoms with Crippen molar-refractivity contribution >= 4 is 22.5 Å². The van der Waals surface area contributed by atoms with Crippen molar-refractivity contribution in [1.29, 1.82) is 0 Å². The van der Waals surface area contributed by atoms with Crippen LogP contribution in [0.25, 0.3) is 16.6 Å². The maximum absolute atomic E-state index is 12.9. The zero-order chi connectivity index (χ0) is 18.2. The fourth-order valence-electron chi connectivity index (χ4n) is 3.93. The van der Waals surface area contributed by atoms with Gasteiger partial charge in [-0.2, -0.15) is 5.10 Å². The molecule has 0 aliphatic carbocycles. The van der Waals surface area contributed by atoms with Crippen molar-refractivity contribution in [2.24, 2.45) is 0 Å². The van der Waals surface area contributed by atoms with Crippen molar-refractivity contribution in [2.75, 3.05) is 13.1 Å². The van der Waals surface area contributed by atoms with Crippen LogP contribution in [0, 0.1) is 0 Å². The molecule has 1 aliphatic heterocycles. The zero-order valence-corrected chi connectivity index (χ0v) is 14.8. The summed E-state index contributed by atoms with van der Waals surface area (Å²) in [6, 6.07) is 13.6. The zero-order valence-electron chi connectivity index (χ0n) is 14.8. The predicted octanol–water partition coefficient (Wildman–Crippen LogP) is 3.30. The lowest BCUT2D eigenvalue weighted by Gasteiger charge is -2.32. The van der Waals surface area contributed by atoms with Crippen molar-refractivity contribution in [1.82, 2.24) is 24.5 Å². The minimum absolute atomic E-state index is 0.0955. The number of rotatable bonds is 2. The Morgan fingerprint density at radius 1 is 0.963 bits per heavy atom. The van der Waals surface area contributed by atoms with Gasteiger partial charge >= 0.3 is 0 Å². The first-order chi connectivity index (χ1) is 13.3. The van der Waals surface area contributed by atoms with Gasteiger partial charge in [-0.15, -0.1) is 0 Å². The van der Waals surface area contributed by atoms with Crippen LogP contribution in [-0.2, 0) is 0 Å². The molecule has 5 rings (SSSR count). The third kappa shape index (κ3) is 2.83. The summed E-state index contributed by atoms with van der Waals surface area (Å²) in [4.78, 5) is 23.5. The van der Waals surface area contributed by atoms with Crippen LogP contribution in [-0.4, -0.2) is 43.5 Å². The molecule has 0 atom stereocenters. The first-order valence-electron chi connectivity index (χ1n) is 9.22. The summed E-state index contributed by atoms with van der Waals surface area (Å²) in [5, 5.41) is 5.39. The van der Waals surface area contributed by atoms with Crippen molar-refractivity contribution in [3.63, 3.8) is 0 Å². The van der Waals surface area contributed by atoms with E-state index in [1.54, 1.807) is 12.4 Å². The SMILES string of the molecule is O=C(c1ccc2ncccc2c1)N1CCC(c2ccnc3ccnn23)CC1. The number of amides is 1. The number of pyridine rings is 1. The summed E-state index contributed by atoms with van der Waals surface area (Å²) in [5.74, 6) is 0.485. The molecule has 3 aromatic heterocycles. The van der Waals surface area contributed by atoms with Crippen LogP contribution in [0.1, 0.15) is 34.8 Å². The Labute approximate surface area is 156 Å². The second-order valence-corrected chi connectivity index (χ2v) is 6.95. The van der Waals surface area contributed by atoms with Crippen LogP contribution in [0.4, 0.5) is 0 Å². The van der Waals surface area contributed by atoms with Gasteiger partial charge in [-0.3, -0.25) is 9.78 Å². The Hall–Kier alpha value is -3.28. The monoisotopic (exact) mass is 357 g/mol. The number of piperidine rings is 1. The van der Waals surface area contributed by atoms with E-state index in [9.17, 15) is 4.79 Å². The smallest absolute Gasteiger partial charge is 0.253 e. The van der Waals surface area contributed by atoms with E-state index >= 15 is 0 Å². The Morgan fingerprint density at radius 2 is 1.85 bits per heavy atom. The minimum atomic E-state index is 0.0955. The van der Waals surface area contributed by atoms with Crippen molar-refractivity contribution in [3.8, 4) is 0 Å². The van der Waals surface area contributed by atoms with Gasteiger partial charge in [0.25, 0.3) is 5.91 Å². The van der Waals surface area contributed by atoms with Crippen LogP contribution in [0.15, 0.2) is 61.1 Å². The summed E-state index contributed by atoms with van der Waals surface area (Å²) in [6.45, 7) is 1.50. The fourth-order valence-corrected chi connectivity index (χ4v) is 3.93. The average Bonchev–Trinajstić information content (AvgIpc) is 3.22. The molecule has 1 amide bonds.